The maximum Gasteiger partial charge on any atom is 0.251 e. The third-order valence-electron chi connectivity index (χ3n) is 2.67. The molecule has 0 aliphatic carbocycles. The number of unbranched alkanes of at least 4 members (excludes halogenated alkanes) is 5. The molecule has 0 aromatic carbocycles. The number of alkyl halides is 2. The molecule has 2 N–H and O–H groups in total. The van der Waals surface area contributed by atoms with Crippen molar-refractivity contribution in [1.29, 1.82) is 0 Å². The fourth-order valence-corrected chi connectivity index (χ4v) is 1.79. The standard InChI is InChI=1S/C12H26F2N2/c1-2-3-4-5-6-7-9-16(10-8-15)11-12(13)14/h12H,2-11,15H2,1H3. The highest BCUT2D eigenvalue weighted by molar-refractivity contribution is 4.60. The summed E-state index contributed by atoms with van der Waals surface area (Å²) in [4.78, 5) is 1.77. The number of rotatable bonds is 11. The first-order valence-electron chi connectivity index (χ1n) is 6.41. The van der Waals surface area contributed by atoms with Crippen molar-refractivity contribution in [1.82, 2.24) is 4.90 Å². The van der Waals surface area contributed by atoms with Gasteiger partial charge in [-0.05, 0) is 13.0 Å². The molecule has 0 aliphatic rings. The second-order valence-electron chi connectivity index (χ2n) is 4.25. The van der Waals surface area contributed by atoms with Crippen molar-refractivity contribution in [3.8, 4) is 0 Å². The second-order valence-corrected chi connectivity index (χ2v) is 4.25. The Morgan fingerprint density at radius 1 is 1.00 bits per heavy atom. The molecule has 0 atom stereocenters. The van der Waals surface area contributed by atoms with Crippen LogP contribution in [-0.2, 0) is 0 Å². The van der Waals surface area contributed by atoms with Crippen LogP contribution in [0.15, 0.2) is 0 Å². The van der Waals surface area contributed by atoms with Crippen molar-refractivity contribution in [3.05, 3.63) is 0 Å². The van der Waals surface area contributed by atoms with E-state index >= 15 is 0 Å². The normalized spacial score (nSPS) is 11.6. The minimum absolute atomic E-state index is 0.133. The van der Waals surface area contributed by atoms with Gasteiger partial charge >= 0.3 is 0 Å². The van der Waals surface area contributed by atoms with Gasteiger partial charge in [0.1, 0.15) is 0 Å². The van der Waals surface area contributed by atoms with Crippen LogP contribution in [0.3, 0.4) is 0 Å². The van der Waals surface area contributed by atoms with E-state index in [9.17, 15) is 8.78 Å². The van der Waals surface area contributed by atoms with E-state index in [1.54, 1.807) is 4.90 Å². The molecule has 16 heavy (non-hydrogen) atoms. The van der Waals surface area contributed by atoms with Crippen LogP contribution in [0.2, 0.25) is 0 Å². The molecule has 0 spiro atoms. The molecule has 0 heterocycles. The van der Waals surface area contributed by atoms with Crippen LogP contribution < -0.4 is 5.73 Å². The van der Waals surface area contributed by atoms with Gasteiger partial charge in [-0.2, -0.15) is 0 Å². The summed E-state index contributed by atoms with van der Waals surface area (Å²) in [5, 5.41) is 0. The molecule has 0 aliphatic heterocycles. The molecular weight excluding hydrogens is 210 g/mol. The summed E-state index contributed by atoms with van der Waals surface area (Å²) in [6.07, 6.45) is 4.92. The molecule has 0 bridgehead atoms. The van der Waals surface area contributed by atoms with E-state index in [-0.39, 0.29) is 6.54 Å². The minimum Gasteiger partial charge on any atom is -0.329 e. The molecule has 0 saturated heterocycles. The number of nitrogens with two attached hydrogens (primary N) is 1. The number of halogens is 2. The molecule has 0 rings (SSSR count). The summed E-state index contributed by atoms with van der Waals surface area (Å²) in [5.74, 6) is 0. The molecule has 0 unspecified atom stereocenters. The summed E-state index contributed by atoms with van der Waals surface area (Å²) in [7, 11) is 0. The predicted molar refractivity (Wildman–Crippen MR) is 64.9 cm³/mol. The van der Waals surface area contributed by atoms with E-state index < -0.39 is 6.43 Å². The quantitative estimate of drug-likeness (QED) is 0.559. The largest absolute Gasteiger partial charge is 0.329 e. The Kier molecular flexibility index (Phi) is 11.1. The molecule has 0 aromatic heterocycles. The maximum absolute atomic E-state index is 12.2. The van der Waals surface area contributed by atoms with Crippen LogP contribution in [-0.4, -0.2) is 37.5 Å². The fourth-order valence-electron chi connectivity index (χ4n) is 1.79. The Hall–Kier alpha value is -0.220. The molecular formula is C12H26F2N2. The Bertz CT molecular complexity index is 143. The molecule has 0 amide bonds. The van der Waals surface area contributed by atoms with Crippen LogP contribution in [0, 0.1) is 0 Å². The lowest BCUT2D eigenvalue weighted by Crippen LogP contribution is -2.34. The molecule has 0 saturated carbocycles. The Morgan fingerprint density at radius 3 is 2.19 bits per heavy atom. The van der Waals surface area contributed by atoms with Gasteiger partial charge in [0, 0.05) is 13.1 Å². The van der Waals surface area contributed by atoms with Crippen LogP contribution in [0.1, 0.15) is 45.4 Å². The lowest BCUT2D eigenvalue weighted by atomic mass is 10.1. The third-order valence-corrected chi connectivity index (χ3v) is 2.67. The second kappa shape index (κ2) is 11.3. The third kappa shape index (κ3) is 10.3. The number of hydrogen-bond acceptors (Lipinski definition) is 2. The van der Waals surface area contributed by atoms with Crippen molar-refractivity contribution >= 4 is 0 Å². The van der Waals surface area contributed by atoms with Crippen molar-refractivity contribution in [2.75, 3.05) is 26.2 Å². The monoisotopic (exact) mass is 236 g/mol. The molecule has 0 fully saturated rings. The van der Waals surface area contributed by atoms with Crippen molar-refractivity contribution in [2.24, 2.45) is 5.73 Å². The van der Waals surface area contributed by atoms with Crippen molar-refractivity contribution in [3.63, 3.8) is 0 Å². The van der Waals surface area contributed by atoms with Gasteiger partial charge in [0.25, 0.3) is 6.43 Å². The van der Waals surface area contributed by atoms with Gasteiger partial charge in [0.2, 0.25) is 0 Å². The molecule has 98 valence electrons. The molecule has 4 heteroatoms. The highest BCUT2D eigenvalue weighted by Gasteiger charge is 2.10. The zero-order valence-corrected chi connectivity index (χ0v) is 10.4. The van der Waals surface area contributed by atoms with Crippen LogP contribution >= 0.6 is 0 Å². The van der Waals surface area contributed by atoms with E-state index in [4.69, 9.17) is 5.73 Å². The summed E-state index contributed by atoms with van der Waals surface area (Å²) in [5.41, 5.74) is 5.39. The average Bonchev–Trinajstić information content (AvgIpc) is 2.22. The average molecular weight is 236 g/mol. The Morgan fingerprint density at radius 2 is 1.62 bits per heavy atom. The molecule has 0 aromatic rings. The Balaban J connectivity index is 3.44. The topological polar surface area (TPSA) is 29.3 Å². The van der Waals surface area contributed by atoms with Gasteiger partial charge in [-0.15, -0.1) is 0 Å². The summed E-state index contributed by atoms with van der Waals surface area (Å²) in [6, 6.07) is 0. The highest BCUT2D eigenvalue weighted by Crippen LogP contribution is 2.06. The first-order chi connectivity index (χ1) is 7.70. The van der Waals surface area contributed by atoms with E-state index in [0.717, 1.165) is 19.4 Å². The first-order valence-corrected chi connectivity index (χ1v) is 6.41. The van der Waals surface area contributed by atoms with Gasteiger partial charge in [0.05, 0.1) is 6.54 Å². The van der Waals surface area contributed by atoms with Crippen LogP contribution in [0.5, 0.6) is 0 Å². The fraction of sp³-hybridized carbons (Fsp3) is 1.00. The van der Waals surface area contributed by atoms with E-state index in [2.05, 4.69) is 6.92 Å². The van der Waals surface area contributed by atoms with Crippen molar-refractivity contribution in [2.45, 2.75) is 51.9 Å². The molecule has 0 radical (unpaired) electrons. The minimum atomic E-state index is -2.24. The lowest BCUT2D eigenvalue weighted by Gasteiger charge is -2.20. The van der Waals surface area contributed by atoms with Gasteiger partial charge < -0.3 is 5.73 Å². The number of hydrogen-bond donors (Lipinski definition) is 1. The van der Waals surface area contributed by atoms with Crippen LogP contribution in [0.25, 0.3) is 0 Å². The SMILES string of the molecule is CCCCCCCCN(CCN)CC(F)F. The maximum atomic E-state index is 12.2. The van der Waals surface area contributed by atoms with E-state index in [0.29, 0.717) is 13.1 Å². The summed E-state index contributed by atoms with van der Waals surface area (Å²) >= 11 is 0. The highest BCUT2D eigenvalue weighted by atomic mass is 19.3. The Labute approximate surface area is 98.2 Å². The van der Waals surface area contributed by atoms with Gasteiger partial charge in [-0.1, -0.05) is 39.0 Å². The van der Waals surface area contributed by atoms with Gasteiger partial charge in [-0.3, -0.25) is 4.90 Å². The van der Waals surface area contributed by atoms with Gasteiger partial charge in [0.15, 0.2) is 0 Å². The van der Waals surface area contributed by atoms with Crippen molar-refractivity contribution < 1.29 is 8.78 Å². The smallest absolute Gasteiger partial charge is 0.251 e. The van der Waals surface area contributed by atoms with E-state index in [1.165, 1.54) is 25.7 Å². The predicted octanol–water partition coefficient (Wildman–Crippen LogP) is 2.87. The number of nitrogens with zero attached hydrogens (tertiary/aromatic N) is 1. The summed E-state index contributed by atoms with van der Waals surface area (Å²) in [6.45, 7) is 3.85. The molecule has 2 nitrogen and oxygen atoms in total. The van der Waals surface area contributed by atoms with Gasteiger partial charge in [-0.25, -0.2) is 8.78 Å². The zero-order chi connectivity index (χ0) is 12.2. The van der Waals surface area contributed by atoms with Crippen LogP contribution in [0.4, 0.5) is 8.78 Å². The first kappa shape index (κ1) is 15.8. The lowest BCUT2D eigenvalue weighted by molar-refractivity contribution is 0.0887. The summed E-state index contributed by atoms with van der Waals surface area (Å²) < 4.78 is 24.4. The zero-order valence-electron chi connectivity index (χ0n) is 10.4. The van der Waals surface area contributed by atoms with E-state index in [1.807, 2.05) is 0 Å².